The van der Waals surface area contributed by atoms with E-state index in [1.165, 1.54) is 0 Å². The van der Waals surface area contributed by atoms with Crippen LogP contribution in [0.1, 0.15) is 17.5 Å². The van der Waals surface area contributed by atoms with E-state index in [9.17, 15) is 9.59 Å². The summed E-state index contributed by atoms with van der Waals surface area (Å²) in [4.78, 5) is 27.6. The van der Waals surface area contributed by atoms with Crippen LogP contribution in [0, 0.1) is 0 Å². The van der Waals surface area contributed by atoms with E-state index in [0.717, 1.165) is 15.6 Å². The summed E-state index contributed by atoms with van der Waals surface area (Å²) < 4.78 is 0.982. The van der Waals surface area contributed by atoms with Crippen LogP contribution in [-0.4, -0.2) is 42.4 Å². The highest BCUT2D eigenvalue weighted by Gasteiger charge is 2.13. The Morgan fingerprint density at radius 1 is 0.923 bits per heavy atom. The molecule has 0 saturated heterocycles. The molecule has 0 aliphatic carbocycles. The zero-order chi connectivity index (χ0) is 18.9. The average Bonchev–Trinajstić information content (AvgIpc) is 2.64. The van der Waals surface area contributed by atoms with Gasteiger partial charge in [0.25, 0.3) is 0 Å². The highest BCUT2D eigenvalue weighted by Crippen LogP contribution is 2.17. The summed E-state index contributed by atoms with van der Waals surface area (Å²) in [5.74, 6) is -0.00762. The van der Waals surface area contributed by atoms with Crippen molar-refractivity contribution in [1.29, 1.82) is 0 Å². The fourth-order valence-corrected chi connectivity index (χ4v) is 2.91. The summed E-state index contributed by atoms with van der Waals surface area (Å²) in [5, 5.41) is 2.79. The van der Waals surface area contributed by atoms with Gasteiger partial charge >= 0.3 is 6.03 Å². The molecule has 0 radical (unpaired) electrons. The van der Waals surface area contributed by atoms with Gasteiger partial charge in [-0.3, -0.25) is 4.79 Å². The van der Waals surface area contributed by atoms with Gasteiger partial charge in [-0.2, -0.15) is 0 Å². The van der Waals surface area contributed by atoms with Crippen LogP contribution in [0.25, 0.3) is 0 Å². The lowest BCUT2D eigenvalue weighted by Crippen LogP contribution is -2.39. The van der Waals surface area contributed by atoms with Crippen molar-refractivity contribution in [3.63, 3.8) is 0 Å². The maximum atomic E-state index is 12.2. The molecular weight excluding hydrogens is 394 g/mol. The van der Waals surface area contributed by atoms with E-state index in [0.29, 0.717) is 19.6 Å². The molecule has 0 saturated carbocycles. The Bertz CT molecular complexity index is 737. The van der Waals surface area contributed by atoms with Gasteiger partial charge in [-0.05, 0) is 17.2 Å². The lowest BCUT2D eigenvalue weighted by Gasteiger charge is -2.20. The van der Waals surface area contributed by atoms with Crippen LogP contribution in [0.2, 0.25) is 0 Å². The van der Waals surface area contributed by atoms with Crippen molar-refractivity contribution < 1.29 is 9.59 Å². The number of nitrogens with one attached hydrogen (secondary N) is 1. The van der Waals surface area contributed by atoms with Gasteiger partial charge in [0, 0.05) is 44.6 Å². The number of rotatable bonds is 7. The molecule has 5 nitrogen and oxygen atoms in total. The van der Waals surface area contributed by atoms with Gasteiger partial charge in [-0.25, -0.2) is 4.79 Å². The Labute approximate surface area is 163 Å². The average molecular weight is 418 g/mol. The van der Waals surface area contributed by atoms with Crippen molar-refractivity contribution in [2.24, 2.45) is 0 Å². The summed E-state index contributed by atoms with van der Waals surface area (Å²) >= 11 is 3.49. The minimum Gasteiger partial charge on any atom is -0.341 e. The lowest BCUT2D eigenvalue weighted by atomic mass is 10.2. The van der Waals surface area contributed by atoms with Crippen LogP contribution in [0.15, 0.2) is 59.1 Å². The number of halogens is 1. The van der Waals surface area contributed by atoms with Gasteiger partial charge in [0.1, 0.15) is 0 Å². The van der Waals surface area contributed by atoms with E-state index < -0.39 is 0 Å². The smallest absolute Gasteiger partial charge is 0.317 e. The van der Waals surface area contributed by atoms with Gasteiger partial charge in [0.2, 0.25) is 5.91 Å². The van der Waals surface area contributed by atoms with Crippen LogP contribution in [0.3, 0.4) is 0 Å². The van der Waals surface area contributed by atoms with Gasteiger partial charge in [0.15, 0.2) is 0 Å². The molecule has 2 rings (SSSR count). The summed E-state index contributed by atoms with van der Waals surface area (Å²) in [7, 11) is 3.51. The van der Waals surface area contributed by atoms with E-state index >= 15 is 0 Å². The number of carbonyl (C=O) groups is 2. The van der Waals surface area contributed by atoms with Gasteiger partial charge in [-0.1, -0.05) is 64.5 Å². The van der Waals surface area contributed by atoms with Crippen molar-refractivity contribution in [2.75, 3.05) is 20.6 Å². The molecule has 2 aromatic carbocycles. The molecule has 0 fully saturated rings. The number of benzene rings is 2. The molecule has 138 valence electrons. The second kappa shape index (κ2) is 9.97. The first kappa shape index (κ1) is 20.0. The third kappa shape index (κ3) is 6.19. The Kier molecular flexibility index (Phi) is 7.66. The third-order valence-corrected chi connectivity index (χ3v) is 4.79. The quantitative estimate of drug-likeness (QED) is 0.747. The van der Waals surface area contributed by atoms with Crippen molar-refractivity contribution >= 4 is 27.9 Å². The molecule has 26 heavy (non-hydrogen) atoms. The van der Waals surface area contributed by atoms with E-state index in [2.05, 4.69) is 21.2 Å². The lowest BCUT2D eigenvalue weighted by molar-refractivity contribution is -0.130. The standard InChI is InChI=1S/C20H24BrN3O2/c1-23(15-17-10-6-7-11-18(17)21)19(25)12-13-22-20(26)24(2)14-16-8-4-3-5-9-16/h3-11H,12-15H2,1-2H3,(H,22,26). The maximum absolute atomic E-state index is 12.2. The summed E-state index contributed by atoms with van der Waals surface area (Å²) in [6, 6.07) is 17.4. The van der Waals surface area contributed by atoms with Crippen molar-refractivity contribution in [2.45, 2.75) is 19.5 Å². The van der Waals surface area contributed by atoms with E-state index in [1.807, 2.05) is 54.6 Å². The minimum atomic E-state index is -0.185. The summed E-state index contributed by atoms with van der Waals surface area (Å²) in [6.45, 7) is 1.38. The molecule has 3 amide bonds. The highest BCUT2D eigenvalue weighted by molar-refractivity contribution is 9.10. The summed E-state index contributed by atoms with van der Waals surface area (Å²) in [6.07, 6.45) is 0.270. The monoisotopic (exact) mass is 417 g/mol. The van der Waals surface area contributed by atoms with E-state index in [1.54, 1.807) is 23.9 Å². The Morgan fingerprint density at radius 3 is 2.27 bits per heavy atom. The molecule has 0 aromatic heterocycles. The third-order valence-electron chi connectivity index (χ3n) is 4.02. The molecule has 0 heterocycles. The molecule has 0 atom stereocenters. The van der Waals surface area contributed by atoms with Crippen molar-refractivity contribution in [1.82, 2.24) is 15.1 Å². The first-order valence-electron chi connectivity index (χ1n) is 8.47. The topological polar surface area (TPSA) is 52.7 Å². The molecule has 0 bridgehead atoms. The van der Waals surface area contributed by atoms with E-state index in [-0.39, 0.29) is 18.4 Å². The second-order valence-corrected chi connectivity index (χ2v) is 7.02. The second-order valence-electron chi connectivity index (χ2n) is 6.16. The maximum Gasteiger partial charge on any atom is 0.317 e. The van der Waals surface area contributed by atoms with Gasteiger partial charge in [-0.15, -0.1) is 0 Å². The fraction of sp³-hybridized carbons (Fsp3) is 0.300. The zero-order valence-electron chi connectivity index (χ0n) is 15.1. The summed E-state index contributed by atoms with van der Waals surface area (Å²) in [5.41, 5.74) is 2.12. The van der Waals surface area contributed by atoms with E-state index in [4.69, 9.17) is 0 Å². The molecule has 0 aliphatic heterocycles. The molecule has 0 aliphatic rings. The number of hydrogen-bond donors (Lipinski definition) is 1. The SMILES string of the molecule is CN(Cc1ccccc1Br)C(=O)CCNC(=O)N(C)Cc1ccccc1. The van der Waals surface area contributed by atoms with Crippen LogP contribution < -0.4 is 5.32 Å². The zero-order valence-corrected chi connectivity index (χ0v) is 16.7. The Hall–Kier alpha value is -2.34. The fourth-order valence-electron chi connectivity index (χ4n) is 2.50. The highest BCUT2D eigenvalue weighted by atomic mass is 79.9. The largest absolute Gasteiger partial charge is 0.341 e. The minimum absolute atomic E-state index is 0.00762. The van der Waals surface area contributed by atoms with Crippen LogP contribution in [-0.2, 0) is 17.9 Å². The first-order chi connectivity index (χ1) is 12.5. The number of carbonyl (C=O) groups excluding carboxylic acids is 2. The Balaban J connectivity index is 1.73. The normalized spacial score (nSPS) is 10.3. The van der Waals surface area contributed by atoms with Crippen LogP contribution in [0.5, 0.6) is 0 Å². The van der Waals surface area contributed by atoms with Crippen molar-refractivity contribution in [3.8, 4) is 0 Å². The Morgan fingerprint density at radius 2 is 1.58 bits per heavy atom. The molecule has 2 aromatic rings. The number of nitrogens with zero attached hydrogens (tertiary/aromatic N) is 2. The molecular formula is C20H24BrN3O2. The first-order valence-corrected chi connectivity index (χ1v) is 9.27. The van der Waals surface area contributed by atoms with Crippen LogP contribution in [0.4, 0.5) is 4.79 Å². The molecule has 1 N–H and O–H groups in total. The number of amides is 3. The number of urea groups is 1. The van der Waals surface area contributed by atoms with Gasteiger partial charge in [0.05, 0.1) is 0 Å². The molecule has 6 heteroatoms. The van der Waals surface area contributed by atoms with Crippen LogP contribution >= 0.6 is 15.9 Å². The van der Waals surface area contributed by atoms with Gasteiger partial charge < -0.3 is 15.1 Å². The predicted molar refractivity (Wildman–Crippen MR) is 107 cm³/mol. The molecule has 0 spiro atoms. The number of hydrogen-bond acceptors (Lipinski definition) is 2. The molecule has 0 unspecified atom stereocenters. The predicted octanol–water partition coefficient (Wildman–Crippen LogP) is 3.64. The van der Waals surface area contributed by atoms with Crippen molar-refractivity contribution in [3.05, 3.63) is 70.2 Å².